The number of hydrogen-bond donors (Lipinski definition) is 0. The van der Waals surface area contributed by atoms with Gasteiger partial charge in [-0.25, -0.2) is 16.8 Å². The van der Waals surface area contributed by atoms with Crippen molar-refractivity contribution < 1.29 is 21.6 Å². The molecule has 0 aliphatic carbocycles. The minimum absolute atomic E-state index is 0.214. The molecule has 1 aromatic rings. The maximum atomic E-state index is 12.2. The van der Waals surface area contributed by atoms with Gasteiger partial charge in [0.1, 0.15) is 0 Å². The van der Waals surface area contributed by atoms with Gasteiger partial charge in [0.25, 0.3) is 19.7 Å². The highest BCUT2D eigenvalue weighted by Crippen LogP contribution is 2.18. The molecule has 1 rings (SSSR count). The highest BCUT2D eigenvalue weighted by Gasteiger charge is 2.45. The average Bonchev–Trinajstić information content (AvgIpc) is 2.38. The van der Waals surface area contributed by atoms with Crippen LogP contribution in [0.5, 0.6) is 0 Å². The molecule has 0 N–H and O–H groups in total. The van der Waals surface area contributed by atoms with Crippen LogP contribution in [0.15, 0.2) is 35.2 Å². The predicted molar refractivity (Wildman–Crippen MR) is 70.9 cm³/mol. The normalized spacial score (nSPS) is 13.6. The van der Waals surface area contributed by atoms with E-state index in [1.165, 1.54) is 31.2 Å². The van der Waals surface area contributed by atoms with Gasteiger partial charge in [0, 0.05) is 0 Å². The Labute approximate surface area is 112 Å². The molecule has 0 amide bonds. The van der Waals surface area contributed by atoms with Gasteiger partial charge in [0.05, 0.1) is 10.1 Å². The van der Waals surface area contributed by atoms with Gasteiger partial charge in [-0.1, -0.05) is 25.1 Å². The van der Waals surface area contributed by atoms with E-state index >= 15 is 0 Å². The van der Waals surface area contributed by atoms with Crippen LogP contribution < -0.4 is 0 Å². The first-order valence-electron chi connectivity index (χ1n) is 5.54. The lowest BCUT2D eigenvalue weighted by atomic mass is 10.4. The molecule has 1 aromatic carbocycles. The van der Waals surface area contributed by atoms with Crippen molar-refractivity contribution in [3.05, 3.63) is 35.9 Å². The summed E-state index contributed by atoms with van der Waals surface area (Å²) in [6, 6.07) is 6.99. The Morgan fingerprint density at radius 2 is 1.74 bits per heavy atom. The zero-order valence-electron chi connectivity index (χ0n) is 10.5. The zero-order valence-corrected chi connectivity index (χ0v) is 12.1. The van der Waals surface area contributed by atoms with Crippen molar-refractivity contribution in [1.82, 2.24) is 0 Å². The maximum Gasteiger partial charge on any atom is 0.499 e. The van der Waals surface area contributed by atoms with Crippen molar-refractivity contribution >= 4 is 24.1 Å². The van der Waals surface area contributed by atoms with Gasteiger partial charge in [-0.3, -0.25) is 0 Å². The molecule has 1 unspecified atom stereocenters. The average molecular weight is 302 g/mol. The van der Waals surface area contributed by atoms with Gasteiger partial charge in [-0.15, -0.1) is 4.79 Å². The van der Waals surface area contributed by atoms with E-state index in [-0.39, 0.29) is 11.3 Å². The molecule has 6 nitrogen and oxygen atoms in total. The minimum Gasteiger partial charge on any atom is -0.359 e. The summed E-state index contributed by atoms with van der Waals surface area (Å²) >= 11 is 0. The first-order valence-corrected chi connectivity index (χ1v) is 8.57. The van der Waals surface area contributed by atoms with Crippen LogP contribution in [0.1, 0.15) is 20.3 Å². The summed E-state index contributed by atoms with van der Waals surface area (Å²) in [5, 5.41) is -0.947. The summed E-state index contributed by atoms with van der Waals surface area (Å²) < 4.78 is 47.2. The zero-order chi connectivity index (χ0) is 14.7. The van der Waals surface area contributed by atoms with Crippen molar-refractivity contribution in [2.75, 3.05) is 0 Å². The van der Waals surface area contributed by atoms with Gasteiger partial charge in [-0.05, 0) is 25.5 Å². The molecule has 0 aliphatic rings. The minimum atomic E-state index is -4.35. The molecule has 0 radical (unpaired) electrons. The van der Waals surface area contributed by atoms with Crippen LogP contribution in [-0.2, 0) is 19.7 Å². The summed E-state index contributed by atoms with van der Waals surface area (Å²) in [4.78, 5) is 2.29. The Bertz CT molecular complexity index is 702. The SMILES string of the molecule is CCC(C)S(=O)(=O)C(=[N+]=[N-])S(=O)(=O)c1ccccc1. The second kappa shape index (κ2) is 5.64. The third kappa shape index (κ3) is 2.91. The van der Waals surface area contributed by atoms with Crippen LogP contribution in [0.3, 0.4) is 0 Å². The van der Waals surface area contributed by atoms with Crippen LogP contribution in [0.25, 0.3) is 5.53 Å². The molecule has 0 spiro atoms. The molecule has 0 aliphatic heterocycles. The van der Waals surface area contributed by atoms with Crippen molar-refractivity contribution in [1.29, 1.82) is 0 Å². The molecule has 1 atom stereocenters. The molecular weight excluding hydrogens is 288 g/mol. The Morgan fingerprint density at radius 1 is 1.21 bits per heavy atom. The number of hydrogen-bond acceptors (Lipinski definition) is 4. The van der Waals surface area contributed by atoms with E-state index < -0.39 is 29.3 Å². The Morgan fingerprint density at radius 3 is 2.16 bits per heavy atom. The van der Waals surface area contributed by atoms with Crippen LogP contribution >= 0.6 is 0 Å². The van der Waals surface area contributed by atoms with Gasteiger partial charge in [0.15, 0.2) is 0 Å². The fourth-order valence-electron chi connectivity index (χ4n) is 1.36. The summed E-state index contributed by atoms with van der Waals surface area (Å²) in [6.07, 6.45) is 0.214. The van der Waals surface area contributed by atoms with Crippen LogP contribution in [0.4, 0.5) is 0 Å². The third-order valence-corrected chi connectivity index (χ3v) is 7.46. The highest BCUT2D eigenvalue weighted by molar-refractivity contribution is 8.31. The highest BCUT2D eigenvalue weighted by atomic mass is 32.3. The third-order valence-electron chi connectivity index (χ3n) is 2.71. The van der Waals surface area contributed by atoms with Crippen molar-refractivity contribution in [3.8, 4) is 0 Å². The lowest BCUT2D eigenvalue weighted by Crippen LogP contribution is -2.32. The second-order valence-corrected chi connectivity index (χ2v) is 8.35. The molecule has 104 valence electrons. The van der Waals surface area contributed by atoms with E-state index in [4.69, 9.17) is 5.53 Å². The van der Waals surface area contributed by atoms with Crippen LogP contribution in [-0.4, -0.2) is 31.3 Å². The van der Waals surface area contributed by atoms with Crippen molar-refractivity contribution in [2.24, 2.45) is 0 Å². The second-order valence-electron chi connectivity index (χ2n) is 3.95. The molecule has 8 heteroatoms. The maximum absolute atomic E-state index is 12.2. The van der Waals surface area contributed by atoms with E-state index in [9.17, 15) is 16.8 Å². The summed E-state index contributed by atoms with van der Waals surface area (Å²) in [5.74, 6) is 0. The Balaban J connectivity index is 3.48. The monoisotopic (exact) mass is 302 g/mol. The molecule has 0 saturated heterocycles. The van der Waals surface area contributed by atoms with E-state index in [1.54, 1.807) is 13.0 Å². The van der Waals surface area contributed by atoms with Crippen molar-refractivity contribution in [2.45, 2.75) is 30.4 Å². The molecule has 19 heavy (non-hydrogen) atoms. The Hall–Kier alpha value is -1.50. The van der Waals surface area contributed by atoms with E-state index in [2.05, 4.69) is 4.79 Å². The lowest BCUT2D eigenvalue weighted by Gasteiger charge is -2.06. The van der Waals surface area contributed by atoms with Gasteiger partial charge >= 0.3 is 4.38 Å². The van der Waals surface area contributed by atoms with E-state index in [1.807, 2.05) is 0 Å². The fourth-order valence-corrected chi connectivity index (χ4v) is 5.08. The summed E-state index contributed by atoms with van der Waals surface area (Å²) in [6.45, 7) is 2.97. The molecule has 0 aromatic heterocycles. The van der Waals surface area contributed by atoms with Crippen molar-refractivity contribution in [3.63, 3.8) is 0 Å². The fraction of sp³-hybridized carbons (Fsp3) is 0.364. The van der Waals surface area contributed by atoms with Gasteiger partial charge < -0.3 is 5.53 Å². The molecular formula is C11H14N2O4S2. The standard InChI is InChI=1S/C11H14N2O4S2/c1-3-9(2)18(14,15)11(13-12)19(16,17)10-7-5-4-6-8-10/h4-9H,3H2,1-2H3. The molecule has 0 saturated carbocycles. The number of nitrogens with zero attached hydrogens (tertiary/aromatic N) is 2. The number of rotatable bonds is 3. The van der Waals surface area contributed by atoms with Crippen LogP contribution in [0.2, 0.25) is 0 Å². The number of benzene rings is 1. The Kier molecular flexibility index (Phi) is 4.62. The molecule has 0 fully saturated rings. The number of sulfone groups is 2. The molecule has 0 heterocycles. The lowest BCUT2D eigenvalue weighted by molar-refractivity contribution is 0.00374. The van der Waals surface area contributed by atoms with Gasteiger partial charge in [0.2, 0.25) is 0 Å². The first-order chi connectivity index (χ1) is 8.78. The topological polar surface area (TPSA) is 105 Å². The van der Waals surface area contributed by atoms with E-state index in [0.29, 0.717) is 0 Å². The van der Waals surface area contributed by atoms with Crippen LogP contribution in [0, 0.1) is 0 Å². The largest absolute Gasteiger partial charge is 0.499 e. The quantitative estimate of drug-likeness (QED) is 0.362. The summed E-state index contributed by atoms with van der Waals surface area (Å²) in [5.41, 5.74) is 8.83. The molecule has 0 bridgehead atoms. The van der Waals surface area contributed by atoms with E-state index in [0.717, 1.165) is 0 Å². The summed E-state index contributed by atoms with van der Waals surface area (Å²) in [7, 11) is -8.55. The van der Waals surface area contributed by atoms with Gasteiger partial charge in [-0.2, -0.15) is 0 Å². The first kappa shape index (κ1) is 15.6. The smallest absolute Gasteiger partial charge is 0.359 e. The predicted octanol–water partition coefficient (Wildman–Crippen LogP) is 1.26.